The Hall–Kier alpha value is -0.830. The van der Waals surface area contributed by atoms with Crippen molar-refractivity contribution in [3.8, 4) is 0 Å². The van der Waals surface area contributed by atoms with E-state index >= 15 is 0 Å². The normalized spacial score (nSPS) is 14.6. The van der Waals surface area contributed by atoms with Crippen LogP contribution in [0, 0.1) is 12.3 Å². The Balaban J connectivity index is 2.91. The molecule has 1 heterocycles. The van der Waals surface area contributed by atoms with Crippen LogP contribution in [0.2, 0.25) is 0 Å². The zero-order valence-corrected chi connectivity index (χ0v) is 13.4. The number of nitrogens with one attached hydrogen (secondary N) is 1. The molecule has 0 amide bonds. The number of aryl methyl sites for hydroxylation is 2. The van der Waals surface area contributed by atoms with E-state index in [1.807, 2.05) is 0 Å². The number of hydrogen-bond donors (Lipinski definition) is 1. The largest absolute Gasteiger partial charge is 0.319 e. The summed E-state index contributed by atoms with van der Waals surface area (Å²) in [6.45, 7) is 10.9. The van der Waals surface area contributed by atoms with Gasteiger partial charge in [-0.05, 0) is 51.6 Å². The maximum Gasteiger partial charge on any atom is 0.0596 e. The van der Waals surface area contributed by atoms with Gasteiger partial charge in [-0.1, -0.05) is 26.7 Å². The van der Waals surface area contributed by atoms with Gasteiger partial charge >= 0.3 is 0 Å². The number of aromatic nitrogens is 2. The molecule has 0 aliphatic heterocycles. The number of hydrogen-bond acceptors (Lipinski definition) is 2. The summed E-state index contributed by atoms with van der Waals surface area (Å²) < 4.78 is 2.17. The van der Waals surface area contributed by atoms with E-state index in [-0.39, 0.29) is 0 Å². The van der Waals surface area contributed by atoms with Crippen molar-refractivity contribution in [2.45, 2.75) is 66.3 Å². The fraction of sp³-hybridized carbons (Fsp3) is 0.812. The van der Waals surface area contributed by atoms with Gasteiger partial charge in [0.2, 0.25) is 0 Å². The van der Waals surface area contributed by atoms with Crippen molar-refractivity contribution in [1.82, 2.24) is 15.1 Å². The van der Waals surface area contributed by atoms with E-state index in [0.717, 1.165) is 25.2 Å². The first-order chi connectivity index (χ1) is 9.10. The predicted molar refractivity (Wildman–Crippen MR) is 82.5 cm³/mol. The van der Waals surface area contributed by atoms with Crippen molar-refractivity contribution in [2.75, 3.05) is 13.6 Å². The third-order valence-electron chi connectivity index (χ3n) is 4.20. The van der Waals surface area contributed by atoms with E-state index < -0.39 is 0 Å². The molecule has 1 atom stereocenters. The zero-order chi connectivity index (χ0) is 14.3. The highest BCUT2D eigenvalue weighted by Crippen LogP contribution is 2.32. The topological polar surface area (TPSA) is 29.9 Å². The number of rotatable bonds is 9. The Morgan fingerprint density at radius 1 is 1.32 bits per heavy atom. The molecular weight excluding hydrogens is 234 g/mol. The molecule has 110 valence electrons. The lowest BCUT2D eigenvalue weighted by Gasteiger charge is -2.33. The van der Waals surface area contributed by atoms with E-state index in [4.69, 9.17) is 0 Å². The predicted octanol–water partition coefficient (Wildman–Crippen LogP) is 3.56. The molecule has 3 nitrogen and oxygen atoms in total. The minimum atomic E-state index is 0.379. The van der Waals surface area contributed by atoms with Gasteiger partial charge in [-0.3, -0.25) is 4.68 Å². The van der Waals surface area contributed by atoms with Crippen LogP contribution >= 0.6 is 0 Å². The van der Waals surface area contributed by atoms with Crippen LogP contribution in [0.3, 0.4) is 0 Å². The van der Waals surface area contributed by atoms with E-state index in [1.54, 1.807) is 0 Å². The first-order valence-corrected chi connectivity index (χ1v) is 7.78. The van der Waals surface area contributed by atoms with Gasteiger partial charge in [-0.15, -0.1) is 0 Å². The molecule has 19 heavy (non-hydrogen) atoms. The van der Waals surface area contributed by atoms with Gasteiger partial charge < -0.3 is 5.32 Å². The first-order valence-electron chi connectivity index (χ1n) is 7.78. The van der Waals surface area contributed by atoms with Crippen molar-refractivity contribution in [3.63, 3.8) is 0 Å². The van der Waals surface area contributed by atoms with Gasteiger partial charge in [0.05, 0.1) is 5.69 Å². The van der Waals surface area contributed by atoms with Gasteiger partial charge in [0.15, 0.2) is 0 Å². The molecule has 0 radical (unpaired) electrons. The molecule has 1 N–H and O–H groups in total. The Morgan fingerprint density at radius 2 is 2.05 bits per heavy atom. The third kappa shape index (κ3) is 4.34. The van der Waals surface area contributed by atoms with E-state index in [0.29, 0.717) is 5.41 Å². The van der Waals surface area contributed by atoms with E-state index in [9.17, 15) is 0 Å². The molecule has 0 aliphatic carbocycles. The average Bonchev–Trinajstić information content (AvgIpc) is 2.76. The fourth-order valence-corrected chi connectivity index (χ4v) is 2.99. The number of nitrogens with zero attached hydrogens (tertiary/aromatic N) is 2. The molecule has 0 bridgehead atoms. The fourth-order valence-electron chi connectivity index (χ4n) is 2.99. The molecule has 1 rings (SSSR count). The van der Waals surface area contributed by atoms with Crippen LogP contribution in [0.25, 0.3) is 0 Å². The highest BCUT2D eigenvalue weighted by atomic mass is 15.3. The van der Waals surface area contributed by atoms with Gasteiger partial charge in [0.1, 0.15) is 0 Å². The highest BCUT2D eigenvalue weighted by Gasteiger charge is 2.28. The molecule has 0 fully saturated rings. The molecule has 3 heteroatoms. The maximum absolute atomic E-state index is 4.58. The smallest absolute Gasteiger partial charge is 0.0596 e. The molecule has 1 unspecified atom stereocenters. The molecule has 1 aromatic heterocycles. The monoisotopic (exact) mass is 265 g/mol. The van der Waals surface area contributed by atoms with Crippen LogP contribution < -0.4 is 5.32 Å². The standard InChI is InChI=1S/C16H31N3/c1-6-9-10-16(7-2,13-17-5)12-15-11-14(4)18-19(15)8-3/h11,17H,6-10,12-13H2,1-5H3. The minimum absolute atomic E-state index is 0.379. The summed E-state index contributed by atoms with van der Waals surface area (Å²) in [6.07, 6.45) is 6.25. The lowest BCUT2D eigenvalue weighted by molar-refractivity contribution is 0.229. The van der Waals surface area contributed by atoms with Crippen LogP contribution in [-0.2, 0) is 13.0 Å². The minimum Gasteiger partial charge on any atom is -0.319 e. The molecule has 1 aromatic rings. The molecule has 0 spiro atoms. The van der Waals surface area contributed by atoms with E-state index in [1.165, 1.54) is 31.4 Å². The average molecular weight is 265 g/mol. The molecule has 0 aromatic carbocycles. The van der Waals surface area contributed by atoms with Gasteiger partial charge in [-0.2, -0.15) is 5.10 Å². The maximum atomic E-state index is 4.58. The Bertz CT molecular complexity index is 370. The SMILES string of the molecule is CCCCC(CC)(CNC)Cc1cc(C)nn1CC. The molecule has 0 saturated heterocycles. The summed E-state index contributed by atoms with van der Waals surface area (Å²) in [5.74, 6) is 0. The second-order valence-electron chi connectivity index (χ2n) is 5.76. The summed E-state index contributed by atoms with van der Waals surface area (Å²) in [7, 11) is 2.07. The summed E-state index contributed by atoms with van der Waals surface area (Å²) in [6, 6.07) is 2.26. The Labute approximate surface area is 118 Å². The zero-order valence-electron chi connectivity index (χ0n) is 13.4. The van der Waals surface area contributed by atoms with E-state index in [2.05, 4.69) is 55.9 Å². The van der Waals surface area contributed by atoms with Crippen LogP contribution in [0.1, 0.15) is 57.8 Å². The van der Waals surface area contributed by atoms with Crippen molar-refractivity contribution in [1.29, 1.82) is 0 Å². The summed E-state index contributed by atoms with van der Waals surface area (Å²) >= 11 is 0. The molecular formula is C16H31N3. The van der Waals surface area contributed by atoms with Crippen LogP contribution in [0.5, 0.6) is 0 Å². The molecule has 0 aliphatic rings. The Kier molecular flexibility index (Phi) is 6.56. The summed E-state index contributed by atoms with van der Waals surface area (Å²) in [4.78, 5) is 0. The van der Waals surface area contributed by atoms with Gasteiger partial charge in [0.25, 0.3) is 0 Å². The second kappa shape index (κ2) is 7.68. The van der Waals surface area contributed by atoms with Crippen molar-refractivity contribution >= 4 is 0 Å². The van der Waals surface area contributed by atoms with Crippen molar-refractivity contribution < 1.29 is 0 Å². The van der Waals surface area contributed by atoms with Crippen molar-refractivity contribution in [3.05, 3.63) is 17.5 Å². The highest BCUT2D eigenvalue weighted by molar-refractivity contribution is 5.11. The summed E-state index contributed by atoms with van der Waals surface area (Å²) in [5, 5.41) is 7.99. The third-order valence-corrected chi connectivity index (χ3v) is 4.20. The van der Waals surface area contributed by atoms with Crippen LogP contribution in [0.15, 0.2) is 6.07 Å². The van der Waals surface area contributed by atoms with Crippen molar-refractivity contribution in [2.24, 2.45) is 5.41 Å². The lowest BCUT2D eigenvalue weighted by atomic mass is 9.76. The van der Waals surface area contributed by atoms with Crippen LogP contribution in [-0.4, -0.2) is 23.4 Å². The lowest BCUT2D eigenvalue weighted by Crippen LogP contribution is -2.35. The first kappa shape index (κ1) is 16.2. The molecule has 0 saturated carbocycles. The summed E-state index contributed by atoms with van der Waals surface area (Å²) in [5.41, 5.74) is 2.92. The number of unbranched alkanes of at least 4 members (excludes halogenated alkanes) is 1. The quantitative estimate of drug-likeness (QED) is 0.740. The second-order valence-corrected chi connectivity index (χ2v) is 5.76. The van der Waals surface area contributed by atoms with Gasteiger partial charge in [-0.25, -0.2) is 0 Å². The van der Waals surface area contributed by atoms with Gasteiger partial charge in [0, 0.05) is 18.8 Å². The van der Waals surface area contributed by atoms with Crippen LogP contribution in [0.4, 0.5) is 0 Å². The Morgan fingerprint density at radius 3 is 2.58 bits per heavy atom.